The first-order valence-electron chi connectivity index (χ1n) is 6.74. The van der Waals surface area contributed by atoms with Crippen LogP contribution in [0.15, 0.2) is 18.2 Å². The van der Waals surface area contributed by atoms with E-state index in [0.717, 1.165) is 31.2 Å². The number of rotatable bonds is 2. The van der Waals surface area contributed by atoms with Crippen LogP contribution in [-0.4, -0.2) is 11.9 Å². The highest BCUT2D eigenvalue weighted by molar-refractivity contribution is 5.94. The molecule has 1 fully saturated rings. The second kappa shape index (κ2) is 5.98. The summed E-state index contributed by atoms with van der Waals surface area (Å²) in [6.07, 6.45) is 6.82. The minimum Gasteiger partial charge on any atom is -0.349 e. The third-order valence-electron chi connectivity index (χ3n) is 3.56. The Morgan fingerprint density at radius 1 is 1.22 bits per heavy atom. The maximum atomic E-state index is 13.7. The van der Waals surface area contributed by atoms with E-state index in [1.807, 2.05) is 6.92 Å². The van der Waals surface area contributed by atoms with Crippen LogP contribution >= 0.6 is 0 Å². The second-order valence-electron chi connectivity index (χ2n) is 5.15. The molecule has 18 heavy (non-hydrogen) atoms. The van der Waals surface area contributed by atoms with E-state index in [4.69, 9.17) is 0 Å². The van der Waals surface area contributed by atoms with E-state index < -0.39 is 5.82 Å². The predicted molar refractivity (Wildman–Crippen MR) is 70.1 cm³/mol. The molecule has 1 N–H and O–H groups in total. The van der Waals surface area contributed by atoms with Gasteiger partial charge in [0.1, 0.15) is 5.82 Å². The van der Waals surface area contributed by atoms with Crippen molar-refractivity contribution in [2.45, 2.75) is 51.5 Å². The molecule has 98 valence electrons. The van der Waals surface area contributed by atoms with Gasteiger partial charge in [0, 0.05) is 6.04 Å². The average Bonchev–Trinajstić information content (AvgIpc) is 2.57. The molecule has 0 atom stereocenters. The van der Waals surface area contributed by atoms with E-state index >= 15 is 0 Å². The third kappa shape index (κ3) is 3.31. The quantitative estimate of drug-likeness (QED) is 0.797. The van der Waals surface area contributed by atoms with Crippen LogP contribution < -0.4 is 5.32 Å². The number of amides is 1. The zero-order chi connectivity index (χ0) is 13.0. The number of carbonyl (C=O) groups excluding carboxylic acids is 1. The lowest BCUT2D eigenvalue weighted by Gasteiger charge is -2.16. The summed E-state index contributed by atoms with van der Waals surface area (Å²) in [5.74, 6) is -0.708. The predicted octanol–water partition coefficient (Wildman–Crippen LogP) is 3.59. The van der Waals surface area contributed by atoms with Crippen molar-refractivity contribution in [1.29, 1.82) is 0 Å². The lowest BCUT2D eigenvalue weighted by Crippen LogP contribution is -2.34. The molecule has 1 amide bonds. The van der Waals surface area contributed by atoms with Gasteiger partial charge in [-0.1, -0.05) is 31.7 Å². The molecule has 0 spiro atoms. The number of aryl methyl sites for hydroxylation is 1. The van der Waals surface area contributed by atoms with Crippen LogP contribution in [0.4, 0.5) is 4.39 Å². The fourth-order valence-corrected chi connectivity index (χ4v) is 2.49. The van der Waals surface area contributed by atoms with Gasteiger partial charge in [-0.15, -0.1) is 0 Å². The van der Waals surface area contributed by atoms with Gasteiger partial charge in [0.25, 0.3) is 5.91 Å². The number of nitrogens with one attached hydrogen (secondary N) is 1. The van der Waals surface area contributed by atoms with E-state index in [2.05, 4.69) is 5.32 Å². The first-order chi connectivity index (χ1) is 8.66. The van der Waals surface area contributed by atoms with E-state index in [-0.39, 0.29) is 17.5 Å². The molecule has 1 aliphatic rings. The third-order valence-corrected chi connectivity index (χ3v) is 3.56. The van der Waals surface area contributed by atoms with Gasteiger partial charge in [0.05, 0.1) is 5.56 Å². The largest absolute Gasteiger partial charge is 0.349 e. The van der Waals surface area contributed by atoms with Crippen LogP contribution in [0.3, 0.4) is 0 Å². The molecule has 0 radical (unpaired) electrons. The Balaban J connectivity index is 2.02. The van der Waals surface area contributed by atoms with Crippen molar-refractivity contribution in [3.05, 3.63) is 35.1 Å². The number of benzene rings is 1. The first kappa shape index (κ1) is 13.1. The van der Waals surface area contributed by atoms with Gasteiger partial charge < -0.3 is 5.32 Å². The zero-order valence-electron chi connectivity index (χ0n) is 10.8. The van der Waals surface area contributed by atoms with Gasteiger partial charge in [-0.05, 0) is 37.5 Å². The molecule has 0 aromatic heterocycles. The van der Waals surface area contributed by atoms with Crippen molar-refractivity contribution < 1.29 is 9.18 Å². The van der Waals surface area contributed by atoms with Crippen LogP contribution in [0.5, 0.6) is 0 Å². The number of hydrogen-bond donors (Lipinski definition) is 1. The molecule has 0 bridgehead atoms. The molecule has 0 unspecified atom stereocenters. The fraction of sp³-hybridized carbons (Fsp3) is 0.533. The molecule has 1 aliphatic carbocycles. The van der Waals surface area contributed by atoms with Crippen molar-refractivity contribution in [2.75, 3.05) is 0 Å². The summed E-state index contributed by atoms with van der Waals surface area (Å²) < 4.78 is 13.7. The highest BCUT2D eigenvalue weighted by Gasteiger charge is 2.17. The van der Waals surface area contributed by atoms with Crippen molar-refractivity contribution >= 4 is 5.91 Å². The Kier molecular flexibility index (Phi) is 4.34. The maximum Gasteiger partial charge on any atom is 0.254 e. The molecule has 0 aliphatic heterocycles. The molecular weight excluding hydrogens is 229 g/mol. The lowest BCUT2D eigenvalue weighted by atomic mass is 10.1. The summed E-state index contributed by atoms with van der Waals surface area (Å²) in [6, 6.07) is 4.95. The highest BCUT2D eigenvalue weighted by atomic mass is 19.1. The Morgan fingerprint density at radius 3 is 2.50 bits per heavy atom. The minimum absolute atomic E-state index is 0.157. The normalized spacial score (nSPS) is 17.2. The molecule has 2 nitrogen and oxygen atoms in total. The van der Waals surface area contributed by atoms with Gasteiger partial charge in [0.2, 0.25) is 0 Å². The molecule has 3 heteroatoms. The molecule has 1 aromatic carbocycles. The smallest absolute Gasteiger partial charge is 0.254 e. The Hall–Kier alpha value is -1.38. The highest BCUT2D eigenvalue weighted by Crippen LogP contribution is 2.18. The monoisotopic (exact) mass is 249 g/mol. The zero-order valence-corrected chi connectivity index (χ0v) is 10.8. The summed E-state index contributed by atoms with van der Waals surface area (Å²) in [6.45, 7) is 1.82. The van der Waals surface area contributed by atoms with E-state index in [1.54, 1.807) is 12.1 Å². The van der Waals surface area contributed by atoms with Crippen LogP contribution in [-0.2, 0) is 0 Å². The average molecular weight is 249 g/mol. The Labute approximate surface area is 108 Å². The second-order valence-corrected chi connectivity index (χ2v) is 5.15. The lowest BCUT2D eigenvalue weighted by molar-refractivity contribution is 0.0929. The summed E-state index contributed by atoms with van der Waals surface area (Å²) in [5, 5.41) is 2.96. The SMILES string of the molecule is Cc1ccc(C(=O)NC2CCCCCC2)c(F)c1. The summed E-state index contributed by atoms with van der Waals surface area (Å²) in [5.41, 5.74) is 0.989. The van der Waals surface area contributed by atoms with Gasteiger partial charge in [-0.2, -0.15) is 0 Å². The van der Waals surface area contributed by atoms with Crippen LogP contribution in [0, 0.1) is 12.7 Å². The topological polar surface area (TPSA) is 29.1 Å². The van der Waals surface area contributed by atoms with Crippen molar-refractivity contribution in [3.63, 3.8) is 0 Å². The van der Waals surface area contributed by atoms with Crippen molar-refractivity contribution in [3.8, 4) is 0 Å². The van der Waals surface area contributed by atoms with E-state index in [9.17, 15) is 9.18 Å². The molecule has 0 heterocycles. The molecule has 0 saturated heterocycles. The molecule has 2 rings (SSSR count). The first-order valence-corrected chi connectivity index (χ1v) is 6.74. The van der Waals surface area contributed by atoms with Crippen molar-refractivity contribution in [1.82, 2.24) is 5.32 Å². The van der Waals surface area contributed by atoms with Crippen LogP contribution in [0.25, 0.3) is 0 Å². The number of hydrogen-bond acceptors (Lipinski definition) is 1. The molecular formula is C15H20FNO. The summed E-state index contributed by atoms with van der Waals surface area (Å²) in [4.78, 5) is 12.0. The molecule has 1 aromatic rings. The van der Waals surface area contributed by atoms with Crippen molar-refractivity contribution in [2.24, 2.45) is 0 Å². The maximum absolute atomic E-state index is 13.7. The van der Waals surface area contributed by atoms with Gasteiger partial charge in [-0.3, -0.25) is 4.79 Å². The van der Waals surface area contributed by atoms with Gasteiger partial charge in [-0.25, -0.2) is 4.39 Å². The summed E-state index contributed by atoms with van der Waals surface area (Å²) >= 11 is 0. The van der Waals surface area contributed by atoms with Gasteiger partial charge >= 0.3 is 0 Å². The molecule has 1 saturated carbocycles. The van der Waals surface area contributed by atoms with Crippen LogP contribution in [0.1, 0.15) is 54.4 Å². The minimum atomic E-state index is -0.430. The Bertz CT molecular complexity index is 423. The van der Waals surface area contributed by atoms with E-state index in [0.29, 0.717) is 0 Å². The van der Waals surface area contributed by atoms with Crippen LogP contribution in [0.2, 0.25) is 0 Å². The summed E-state index contributed by atoms with van der Waals surface area (Å²) in [7, 11) is 0. The fourth-order valence-electron chi connectivity index (χ4n) is 2.49. The standard InChI is InChI=1S/C15H20FNO/c1-11-8-9-13(14(16)10-11)15(18)17-12-6-4-2-3-5-7-12/h8-10,12H,2-7H2,1H3,(H,17,18). The number of halogens is 1. The number of carbonyl (C=O) groups is 1. The van der Waals surface area contributed by atoms with E-state index in [1.165, 1.54) is 18.9 Å². The Morgan fingerprint density at radius 2 is 1.89 bits per heavy atom. The van der Waals surface area contributed by atoms with Gasteiger partial charge in [0.15, 0.2) is 0 Å².